The summed E-state index contributed by atoms with van der Waals surface area (Å²) in [6.07, 6.45) is 1.77. The number of hydrogen-bond acceptors (Lipinski definition) is 2. The SMILES string of the molecule is CC(C)c1cc(-c2nccc3c2oc2c(F)cccc23)cc2ccc3ccccc3c12. The number of furan rings is 1. The fraction of sp³-hybridized carbons (Fsp3) is 0.107. The Hall–Kier alpha value is -3.72. The van der Waals surface area contributed by atoms with E-state index in [0.717, 1.165) is 22.0 Å². The van der Waals surface area contributed by atoms with Gasteiger partial charge in [0.1, 0.15) is 5.69 Å². The van der Waals surface area contributed by atoms with Crippen LogP contribution in [0.4, 0.5) is 4.39 Å². The summed E-state index contributed by atoms with van der Waals surface area (Å²) in [6, 6.07) is 24.1. The molecule has 150 valence electrons. The Morgan fingerprint density at radius 1 is 0.774 bits per heavy atom. The number of rotatable bonds is 2. The standard InChI is InChI=1S/C28H20FNO/c1-16(2)23-15-19(14-18-11-10-17-6-3-4-7-20(17)25(18)23)26-28-22(12-13-30-26)21-8-5-9-24(29)27(21)31-28/h3-16H,1-2H3. The molecule has 0 saturated carbocycles. The minimum absolute atomic E-state index is 0.280. The van der Waals surface area contributed by atoms with Gasteiger partial charge in [-0.3, -0.25) is 4.98 Å². The second-order valence-corrected chi connectivity index (χ2v) is 8.36. The third-order valence-corrected chi connectivity index (χ3v) is 6.13. The van der Waals surface area contributed by atoms with Crippen molar-refractivity contribution >= 4 is 43.5 Å². The highest BCUT2D eigenvalue weighted by Crippen LogP contribution is 2.39. The highest BCUT2D eigenvalue weighted by Gasteiger charge is 2.18. The number of para-hydroxylation sites is 1. The Balaban J connectivity index is 1.71. The molecule has 0 bridgehead atoms. The van der Waals surface area contributed by atoms with Gasteiger partial charge in [-0.05, 0) is 57.3 Å². The molecular formula is C28H20FNO. The molecule has 0 unspecified atom stereocenters. The molecule has 0 aliphatic heterocycles. The molecule has 2 heterocycles. The van der Waals surface area contributed by atoms with Gasteiger partial charge in [0.05, 0.1) is 0 Å². The van der Waals surface area contributed by atoms with Gasteiger partial charge in [-0.1, -0.05) is 62.4 Å². The lowest BCUT2D eigenvalue weighted by molar-refractivity contribution is 0.584. The van der Waals surface area contributed by atoms with Gasteiger partial charge >= 0.3 is 0 Å². The molecule has 2 aromatic heterocycles. The van der Waals surface area contributed by atoms with E-state index in [2.05, 4.69) is 67.4 Å². The Kier molecular flexibility index (Phi) is 3.87. The first-order chi connectivity index (χ1) is 15.1. The summed E-state index contributed by atoms with van der Waals surface area (Å²) in [4.78, 5) is 4.66. The monoisotopic (exact) mass is 405 g/mol. The summed E-state index contributed by atoms with van der Waals surface area (Å²) in [5, 5.41) is 6.59. The van der Waals surface area contributed by atoms with Crippen molar-refractivity contribution in [2.45, 2.75) is 19.8 Å². The summed E-state index contributed by atoms with van der Waals surface area (Å²) >= 11 is 0. The molecule has 0 fully saturated rings. The maximum absolute atomic E-state index is 14.4. The zero-order valence-corrected chi connectivity index (χ0v) is 17.3. The van der Waals surface area contributed by atoms with E-state index >= 15 is 0 Å². The Labute approximate surface area is 178 Å². The van der Waals surface area contributed by atoms with Gasteiger partial charge in [-0.15, -0.1) is 0 Å². The number of benzene rings is 4. The normalized spacial score (nSPS) is 12.0. The first-order valence-electron chi connectivity index (χ1n) is 10.5. The van der Waals surface area contributed by atoms with Crippen LogP contribution in [0.3, 0.4) is 0 Å². The van der Waals surface area contributed by atoms with Crippen molar-refractivity contribution in [3.63, 3.8) is 0 Å². The van der Waals surface area contributed by atoms with E-state index in [1.807, 2.05) is 12.1 Å². The molecule has 0 saturated heterocycles. The molecule has 31 heavy (non-hydrogen) atoms. The van der Waals surface area contributed by atoms with E-state index in [9.17, 15) is 4.39 Å². The number of nitrogens with zero attached hydrogens (tertiary/aromatic N) is 1. The lowest BCUT2D eigenvalue weighted by Gasteiger charge is -2.15. The van der Waals surface area contributed by atoms with Crippen molar-refractivity contribution in [1.29, 1.82) is 0 Å². The molecule has 6 aromatic rings. The van der Waals surface area contributed by atoms with Gasteiger partial charge in [0.2, 0.25) is 0 Å². The van der Waals surface area contributed by atoms with E-state index in [-0.39, 0.29) is 11.4 Å². The van der Waals surface area contributed by atoms with Crippen LogP contribution >= 0.6 is 0 Å². The largest absolute Gasteiger partial charge is 0.451 e. The van der Waals surface area contributed by atoms with Gasteiger partial charge in [0.25, 0.3) is 0 Å². The smallest absolute Gasteiger partial charge is 0.171 e. The predicted octanol–water partition coefficient (Wildman–Crippen LogP) is 8.22. The molecular weight excluding hydrogens is 385 g/mol. The van der Waals surface area contributed by atoms with Crippen LogP contribution in [-0.4, -0.2) is 4.98 Å². The summed E-state index contributed by atoms with van der Waals surface area (Å²) in [7, 11) is 0. The summed E-state index contributed by atoms with van der Waals surface area (Å²) in [5.74, 6) is -0.0203. The van der Waals surface area contributed by atoms with Crippen LogP contribution in [0.2, 0.25) is 0 Å². The molecule has 0 aliphatic carbocycles. The summed E-state index contributed by atoms with van der Waals surface area (Å²) in [5.41, 5.74) is 3.90. The van der Waals surface area contributed by atoms with Crippen LogP contribution in [0, 0.1) is 5.82 Å². The van der Waals surface area contributed by atoms with E-state index < -0.39 is 0 Å². The van der Waals surface area contributed by atoms with E-state index in [1.165, 1.54) is 33.2 Å². The molecule has 0 radical (unpaired) electrons. The Morgan fingerprint density at radius 3 is 2.42 bits per heavy atom. The third kappa shape index (κ3) is 2.66. The predicted molar refractivity (Wildman–Crippen MR) is 126 cm³/mol. The van der Waals surface area contributed by atoms with Gasteiger partial charge in [0.15, 0.2) is 17.0 Å². The zero-order valence-electron chi connectivity index (χ0n) is 17.3. The van der Waals surface area contributed by atoms with Crippen molar-refractivity contribution in [3.05, 3.63) is 90.4 Å². The molecule has 0 amide bonds. The van der Waals surface area contributed by atoms with Gasteiger partial charge in [-0.2, -0.15) is 0 Å². The van der Waals surface area contributed by atoms with Crippen LogP contribution in [0.15, 0.2) is 83.4 Å². The molecule has 0 spiro atoms. The van der Waals surface area contributed by atoms with Crippen LogP contribution in [0.25, 0.3) is 54.7 Å². The molecule has 0 N–H and O–H groups in total. The fourth-order valence-corrected chi connectivity index (χ4v) is 4.67. The fourth-order valence-electron chi connectivity index (χ4n) is 4.67. The van der Waals surface area contributed by atoms with Gasteiger partial charge in [-0.25, -0.2) is 4.39 Å². The highest BCUT2D eigenvalue weighted by molar-refractivity contribution is 6.12. The second kappa shape index (κ2) is 6.64. The van der Waals surface area contributed by atoms with Crippen LogP contribution in [0.1, 0.15) is 25.3 Å². The van der Waals surface area contributed by atoms with Crippen molar-refractivity contribution in [3.8, 4) is 11.3 Å². The van der Waals surface area contributed by atoms with Crippen molar-refractivity contribution in [2.24, 2.45) is 0 Å². The lowest BCUT2D eigenvalue weighted by atomic mass is 9.89. The van der Waals surface area contributed by atoms with Crippen molar-refractivity contribution < 1.29 is 8.81 Å². The molecule has 0 aliphatic rings. The van der Waals surface area contributed by atoms with Crippen LogP contribution in [0.5, 0.6) is 0 Å². The summed E-state index contributed by atoms with van der Waals surface area (Å²) in [6.45, 7) is 4.43. The van der Waals surface area contributed by atoms with E-state index in [4.69, 9.17) is 4.42 Å². The van der Waals surface area contributed by atoms with Crippen LogP contribution < -0.4 is 0 Å². The minimum atomic E-state index is -0.354. The number of fused-ring (bicyclic) bond motifs is 6. The Bertz CT molecular complexity index is 1630. The van der Waals surface area contributed by atoms with Crippen molar-refractivity contribution in [1.82, 2.24) is 4.98 Å². The first-order valence-corrected chi connectivity index (χ1v) is 10.5. The number of halogens is 1. The maximum atomic E-state index is 14.4. The molecule has 4 aromatic carbocycles. The van der Waals surface area contributed by atoms with Gasteiger partial charge in [0, 0.05) is 22.5 Å². The lowest BCUT2D eigenvalue weighted by Crippen LogP contribution is -1.94. The topological polar surface area (TPSA) is 26.0 Å². The van der Waals surface area contributed by atoms with E-state index in [1.54, 1.807) is 12.3 Å². The number of aromatic nitrogens is 1. The average Bonchev–Trinajstić information content (AvgIpc) is 3.18. The van der Waals surface area contributed by atoms with E-state index in [0.29, 0.717) is 11.5 Å². The Morgan fingerprint density at radius 2 is 1.55 bits per heavy atom. The quantitative estimate of drug-likeness (QED) is 0.271. The van der Waals surface area contributed by atoms with Crippen molar-refractivity contribution in [2.75, 3.05) is 0 Å². The average molecular weight is 405 g/mol. The van der Waals surface area contributed by atoms with Gasteiger partial charge < -0.3 is 4.42 Å². The molecule has 3 heteroatoms. The number of hydrogen-bond donors (Lipinski definition) is 0. The molecule has 2 nitrogen and oxygen atoms in total. The number of pyridine rings is 1. The summed E-state index contributed by atoms with van der Waals surface area (Å²) < 4.78 is 20.4. The molecule has 6 rings (SSSR count). The minimum Gasteiger partial charge on any atom is -0.451 e. The first kappa shape index (κ1) is 18.1. The zero-order chi connectivity index (χ0) is 21.1. The van der Waals surface area contributed by atoms with Crippen LogP contribution in [-0.2, 0) is 0 Å². The molecule has 0 atom stereocenters. The third-order valence-electron chi connectivity index (χ3n) is 6.13. The second-order valence-electron chi connectivity index (χ2n) is 8.36. The maximum Gasteiger partial charge on any atom is 0.171 e. The highest BCUT2D eigenvalue weighted by atomic mass is 19.1.